The van der Waals surface area contributed by atoms with Gasteiger partial charge in [-0.05, 0) is 30.4 Å². The monoisotopic (exact) mass is 454 g/mol. The van der Waals surface area contributed by atoms with E-state index >= 15 is 0 Å². The van der Waals surface area contributed by atoms with Crippen LogP contribution in [0.1, 0.15) is 30.4 Å². The van der Waals surface area contributed by atoms with E-state index in [0.717, 1.165) is 11.1 Å². The summed E-state index contributed by atoms with van der Waals surface area (Å²) in [6, 6.07) is 17.3. The van der Waals surface area contributed by atoms with Crippen molar-refractivity contribution < 1.29 is 24.2 Å². The minimum absolute atomic E-state index is 0.0490. The first kappa shape index (κ1) is 25.4. The van der Waals surface area contributed by atoms with Crippen LogP contribution in [-0.4, -0.2) is 41.5 Å². The number of ketones is 1. The Morgan fingerprint density at radius 2 is 1.58 bits per heavy atom. The summed E-state index contributed by atoms with van der Waals surface area (Å²) in [4.78, 5) is 40.9. The second-order valence-corrected chi connectivity index (χ2v) is 7.60. The lowest BCUT2D eigenvalue weighted by Crippen LogP contribution is -2.42. The predicted octanol–water partition coefficient (Wildman–Crippen LogP) is 2.24. The molecule has 0 heterocycles. The molecule has 9 nitrogen and oxygen atoms in total. The minimum atomic E-state index is -1.07. The highest BCUT2D eigenvalue weighted by atomic mass is 16.5. The molecule has 1 amide bonds. The van der Waals surface area contributed by atoms with Gasteiger partial charge in [0.05, 0.1) is 12.0 Å². The number of hydrogen-bond donors (Lipinski definition) is 4. The molecular formula is C24H30N4O5. The molecule has 176 valence electrons. The molecule has 9 heteroatoms. The Balaban J connectivity index is 2.01. The Bertz CT molecular complexity index is 930. The molecule has 0 aliphatic rings. The summed E-state index contributed by atoms with van der Waals surface area (Å²) in [5.74, 6) is -2.44. The lowest BCUT2D eigenvalue weighted by Gasteiger charge is -2.20. The number of amides is 1. The number of Topliss-reactive ketones (excluding diaryl/α,β-unsaturated/α-hetero) is 1. The van der Waals surface area contributed by atoms with Crippen LogP contribution in [-0.2, 0) is 27.4 Å². The molecule has 0 saturated carbocycles. The largest absolute Gasteiger partial charge is 0.481 e. The van der Waals surface area contributed by atoms with Gasteiger partial charge in [-0.25, -0.2) is 4.79 Å². The summed E-state index contributed by atoms with van der Waals surface area (Å²) in [5.41, 5.74) is 12.3. The highest BCUT2D eigenvalue weighted by Gasteiger charge is 2.28. The Morgan fingerprint density at radius 1 is 0.970 bits per heavy atom. The van der Waals surface area contributed by atoms with Crippen LogP contribution in [0.4, 0.5) is 4.79 Å². The summed E-state index contributed by atoms with van der Waals surface area (Å²) in [5, 5.41) is 12.2. The van der Waals surface area contributed by atoms with E-state index in [-0.39, 0.29) is 44.2 Å². The number of carbonyl (C=O) groups is 3. The van der Waals surface area contributed by atoms with E-state index in [1.807, 2.05) is 60.7 Å². The number of aliphatic imine (C=N–C) groups is 1. The molecule has 0 aromatic heterocycles. The topological polar surface area (TPSA) is 157 Å². The van der Waals surface area contributed by atoms with E-state index in [9.17, 15) is 19.5 Å². The van der Waals surface area contributed by atoms with E-state index < -0.39 is 24.0 Å². The van der Waals surface area contributed by atoms with Gasteiger partial charge < -0.3 is 26.6 Å². The number of carboxylic acid groups (broad SMARTS) is 1. The summed E-state index contributed by atoms with van der Waals surface area (Å²) >= 11 is 0. The van der Waals surface area contributed by atoms with Crippen molar-refractivity contribution in [3.63, 3.8) is 0 Å². The van der Waals surface area contributed by atoms with E-state index in [0.29, 0.717) is 6.42 Å². The molecule has 2 atom stereocenters. The zero-order valence-electron chi connectivity index (χ0n) is 18.4. The van der Waals surface area contributed by atoms with Gasteiger partial charge in [-0.1, -0.05) is 60.7 Å². The van der Waals surface area contributed by atoms with E-state index in [2.05, 4.69) is 10.3 Å². The molecule has 0 spiro atoms. The Labute approximate surface area is 192 Å². The van der Waals surface area contributed by atoms with Gasteiger partial charge in [0.2, 0.25) is 0 Å². The van der Waals surface area contributed by atoms with Crippen molar-refractivity contribution in [1.29, 1.82) is 0 Å². The van der Waals surface area contributed by atoms with E-state index in [1.165, 1.54) is 0 Å². The maximum absolute atomic E-state index is 13.0. The number of guanidine groups is 1. The lowest BCUT2D eigenvalue weighted by molar-refractivity contribution is -0.144. The number of rotatable bonds is 13. The van der Waals surface area contributed by atoms with Crippen molar-refractivity contribution in [2.75, 3.05) is 6.54 Å². The summed E-state index contributed by atoms with van der Waals surface area (Å²) < 4.78 is 5.22. The maximum Gasteiger partial charge on any atom is 0.408 e. The summed E-state index contributed by atoms with van der Waals surface area (Å²) in [6.07, 6.45) is -0.108. The van der Waals surface area contributed by atoms with Crippen LogP contribution in [0.5, 0.6) is 0 Å². The number of ether oxygens (including phenoxy) is 1. The molecule has 2 aromatic carbocycles. The van der Waals surface area contributed by atoms with E-state index in [4.69, 9.17) is 16.2 Å². The molecule has 0 fully saturated rings. The predicted molar refractivity (Wildman–Crippen MR) is 124 cm³/mol. The first-order valence-electron chi connectivity index (χ1n) is 10.7. The van der Waals surface area contributed by atoms with Gasteiger partial charge in [-0.15, -0.1) is 0 Å². The smallest absolute Gasteiger partial charge is 0.408 e. The number of carboxylic acids is 1. The lowest BCUT2D eigenvalue weighted by atomic mass is 9.91. The number of nitrogens with zero attached hydrogens (tertiary/aromatic N) is 1. The van der Waals surface area contributed by atoms with Crippen LogP contribution in [0, 0.1) is 5.92 Å². The summed E-state index contributed by atoms with van der Waals surface area (Å²) in [6.45, 7) is 0.326. The van der Waals surface area contributed by atoms with Crippen LogP contribution in [0.25, 0.3) is 0 Å². The Hall–Kier alpha value is -3.88. The van der Waals surface area contributed by atoms with Gasteiger partial charge >= 0.3 is 12.1 Å². The fourth-order valence-electron chi connectivity index (χ4n) is 3.25. The highest BCUT2D eigenvalue weighted by Crippen LogP contribution is 2.16. The van der Waals surface area contributed by atoms with Crippen LogP contribution >= 0.6 is 0 Å². The Morgan fingerprint density at radius 3 is 2.15 bits per heavy atom. The van der Waals surface area contributed by atoms with E-state index in [1.54, 1.807) is 0 Å². The van der Waals surface area contributed by atoms with Crippen molar-refractivity contribution in [2.24, 2.45) is 22.4 Å². The van der Waals surface area contributed by atoms with Gasteiger partial charge in [0, 0.05) is 13.0 Å². The zero-order chi connectivity index (χ0) is 24.1. The van der Waals surface area contributed by atoms with Crippen LogP contribution in [0.3, 0.4) is 0 Å². The number of nitrogens with one attached hydrogen (secondary N) is 1. The molecule has 0 aliphatic carbocycles. The van der Waals surface area contributed by atoms with Crippen molar-refractivity contribution >= 4 is 23.8 Å². The fourth-order valence-corrected chi connectivity index (χ4v) is 3.25. The SMILES string of the molecule is NC(N)=NCCCC(NC(=O)OCc1ccccc1)C(=O)CC(Cc1ccccc1)C(=O)O. The average Bonchev–Trinajstić information content (AvgIpc) is 2.80. The first-order chi connectivity index (χ1) is 15.8. The second kappa shape index (κ2) is 13.5. The highest BCUT2D eigenvalue weighted by molar-refractivity contribution is 5.90. The third-order valence-electron chi connectivity index (χ3n) is 4.96. The number of nitrogens with two attached hydrogens (primary N) is 2. The van der Waals surface area contributed by atoms with Gasteiger partial charge in [0.25, 0.3) is 0 Å². The standard InChI is InChI=1S/C24H30N4O5/c25-23(26)27-13-7-12-20(28-24(32)33-16-18-10-5-2-6-11-18)21(29)15-19(22(30)31)14-17-8-3-1-4-9-17/h1-6,8-11,19-20H,7,12-16H2,(H,28,32)(H,30,31)(H4,25,26,27). The number of alkyl carbamates (subject to hydrolysis) is 1. The molecule has 2 aromatic rings. The molecule has 0 saturated heterocycles. The third kappa shape index (κ3) is 9.86. The maximum atomic E-state index is 13.0. The van der Waals surface area contributed by atoms with Gasteiger partial charge in [0.15, 0.2) is 11.7 Å². The van der Waals surface area contributed by atoms with Crippen LogP contribution < -0.4 is 16.8 Å². The number of benzene rings is 2. The van der Waals surface area contributed by atoms with Crippen molar-refractivity contribution in [1.82, 2.24) is 5.32 Å². The van der Waals surface area contributed by atoms with Gasteiger partial charge in [-0.2, -0.15) is 0 Å². The van der Waals surface area contributed by atoms with Crippen LogP contribution in [0.15, 0.2) is 65.7 Å². The van der Waals surface area contributed by atoms with Crippen molar-refractivity contribution in [3.05, 3.63) is 71.8 Å². The third-order valence-corrected chi connectivity index (χ3v) is 4.96. The molecule has 2 unspecified atom stereocenters. The molecular weight excluding hydrogens is 424 g/mol. The van der Waals surface area contributed by atoms with Crippen LogP contribution in [0.2, 0.25) is 0 Å². The minimum Gasteiger partial charge on any atom is -0.481 e. The summed E-state index contributed by atoms with van der Waals surface area (Å²) in [7, 11) is 0. The zero-order valence-corrected chi connectivity index (χ0v) is 18.4. The average molecular weight is 455 g/mol. The first-order valence-corrected chi connectivity index (χ1v) is 10.7. The van der Waals surface area contributed by atoms with Gasteiger partial charge in [0.1, 0.15) is 6.61 Å². The Kier molecular flexibility index (Phi) is 10.4. The van der Waals surface area contributed by atoms with Gasteiger partial charge in [-0.3, -0.25) is 14.6 Å². The molecule has 6 N–H and O–H groups in total. The van der Waals surface area contributed by atoms with Crippen molar-refractivity contribution in [2.45, 2.75) is 38.3 Å². The molecule has 2 rings (SSSR count). The number of hydrogen-bond acceptors (Lipinski definition) is 5. The normalized spacial score (nSPS) is 12.2. The number of aliphatic carboxylic acids is 1. The molecule has 33 heavy (non-hydrogen) atoms. The second-order valence-electron chi connectivity index (χ2n) is 7.60. The fraction of sp³-hybridized carbons (Fsp3) is 0.333. The quantitative estimate of drug-likeness (QED) is 0.205. The van der Waals surface area contributed by atoms with Crippen molar-refractivity contribution in [3.8, 4) is 0 Å². The molecule has 0 aliphatic heterocycles. The molecule has 0 radical (unpaired) electrons. The molecule has 0 bridgehead atoms. The number of carbonyl (C=O) groups excluding carboxylic acids is 2.